The summed E-state index contributed by atoms with van der Waals surface area (Å²) in [7, 11) is 1.42. The summed E-state index contributed by atoms with van der Waals surface area (Å²) in [5.41, 5.74) is -0.494. The van der Waals surface area contributed by atoms with E-state index in [-0.39, 0.29) is 36.7 Å². The van der Waals surface area contributed by atoms with Crippen LogP contribution in [0.25, 0.3) is 11.2 Å². The molecule has 0 bridgehead atoms. The van der Waals surface area contributed by atoms with E-state index >= 15 is 0 Å². The van der Waals surface area contributed by atoms with Gasteiger partial charge in [-0.05, 0) is 12.5 Å². The molecule has 0 radical (unpaired) electrons. The minimum absolute atomic E-state index is 0.0000565. The van der Waals surface area contributed by atoms with Crippen molar-refractivity contribution in [3.8, 4) is 11.8 Å². The number of carbonyl (C=O) groups is 1. The van der Waals surface area contributed by atoms with Crippen LogP contribution in [-0.4, -0.2) is 48.1 Å². The van der Waals surface area contributed by atoms with Crippen molar-refractivity contribution in [2.75, 3.05) is 6.54 Å². The third-order valence-electron chi connectivity index (χ3n) is 4.75. The van der Waals surface area contributed by atoms with Crippen LogP contribution in [-0.2, 0) is 24.9 Å². The van der Waals surface area contributed by atoms with Crippen LogP contribution in [0.15, 0.2) is 39.9 Å². The van der Waals surface area contributed by atoms with Crippen molar-refractivity contribution in [3.05, 3.63) is 62.6 Å². The van der Waals surface area contributed by atoms with E-state index in [1.807, 2.05) is 18.2 Å². The zero-order chi connectivity index (χ0) is 23.3. The fourth-order valence-electron chi connectivity index (χ4n) is 3.04. The first-order chi connectivity index (χ1) is 15.3. The number of aliphatic hydroxyl groups excluding tert-OH is 2. The highest BCUT2D eigenvalue weighted by Crippen LogP contribution is 2.20. The molecule has 2 aromatic heterocycles. The number of carbonyl (C=O) groups excluding carboxylic acids is 1. The molecule has 3 rings (SSSR count). The number of alkyl carbamates (subject to hydrolysis) is 1. The fraction of sp³-hybridized carbons (Fsp3) is 0.333. The lowest BCUT2D eigenvalue weighted by Gasteiger charge is -2.18. The van der Waals surface area contributed by atoms with Gasteiger partial charge in [0, 0.05) is 13.6 Å². The number of rotatable bonds is 7. The molecule has 2 heterocycles. The number of benzene rings is 1. The SMILES string of the molecule is CC#CCn1c(C(O)C(O)CNC(=O)OCc2ccccc2)nc2c1c(=O)[nH]c(=O)n2C. The average Bonchev–Trinajstić information content (AvgIpc) is 3.18. The van der Waals surface area contributed by atoms with Gasteiger partial charge >= 0.3 is 11.8 Å². The topological polar surface area (TPSA) is 151 Å². The summed E-state index contributed by atoms with van der Waals surface area (Å²) in [5, 5.41) is 23.5. The summed E-state index contributed by atoms with van der Waals surface area (Å²) in [6.45, 7) is 1.31. The first-order valence-electron chi connectivity index (χ1n) is 9.73. The molecule has 0 saturated heterocycles. The summed E-state index contributed by atoms with van der Waals surface area (Å²) >= 11 is 0. The molecular formula is C21H23N5O6. The van der Waals surface area contributed by atoms with Gasteiger partial charge in [-0.2, -0.15) is 0 Å². The molecule has 11 nitrogen and oxygen atoms in total. The number of aromatic amines is 1. The minimum atomic E-state index is -1.58. The number of fused-ring (bicyclic) bond motifs is 1. The van der Waals surface area contributed by atoms with Crippen molar-refractivity contribution in [3.63, 3.8) is 0 Å². The number of ether oxygens (including phenoxy) is 1. The van der Waals surface area contributed by atoms with Gasteiger partial charge in [0.05, 0.1) is 6.54 Å². The summed E-state index contributed by atoms with van der Waals surface area (Å²) in [5.74, 6) is 5.39. The fourth-order valence-corrected chi connectivity index (χ4v) is 3.04. The van der Waals surface area contributed by atoms with E-state index in [9.17, 15) is 24.6 Å². The van der Waals surface area contributed by atoms with Gasteiger partial charge in [0.25, 0.3) is 5.56 Å². The van der Waals surface area contributed by atoms with Crippen LogP contribution in [0.1, 0.15) is 24.4 Å². The molecule has 0 aliphatic heterocycles. The monoisotopic (exact) mass is 441 g/mol. The molecular weight excluding hydrogens is 418 g/mol. The standard InChI is InChI=1S/C21H23N5O6/c1-3-4-10-26-15-17(25(2)20(30)24-19(15)29)23-18(26)16(28)14(27)11-22-21(31)32-12-13-8-6-5-7-9-13/h5-9,14,16,27-28H,10-12H2,1-2H3,(H,22,31)(H,24,29,30). The normalized spacial score (nSPS) is 12.6. The molecule has 0 aliphatic rings. The molecule has 168 valence electrons. The largest absolute Gasteiger partial charge is 0.445 e. The molecule has 3 aromatic rings. The Bertz CT molecular complexity index is 1280. The highest BCUT2D eigenvalue weighted by Gasteiger charge is 2.27. The number of aromatic nitrogens is 4. The lowest BCUT2D eigenvalue weighted by atomic mass is 10.2. The number of nitrogens with one attached hydrogen (secondary N) is 2. The minimum Gasteiger partial charge on any atom is -0.445 e. The van der Waals surface area contributed by atoms with Crippen molar-refractivity contribution in [2.45, 2.75) is 32.3 Å². The van der Waals surface area contributed by atoms with E-state index in [1.165, 1.54) is 11.6 Å². The van der Waals surface area contributed by atoms with Gasteiger partial charge in [0.15, 0.2) is 11.2 Å². The molecule has 0 fully saturated rings. The molecule has 0 spiro atoms. The van der Waals surface area contributed by atoms with Gasteiger partial charge in [0.1, 0.15) is 24.6 Å². The third-order valence-corrected chi connectivity index (χ3v) is 4.75. The second kappa shape index (κ2) is 9.95. The Kier molecular flexibility index (Phi) is 7.09. The number of aliphatic hydroxyl groups is 2. The van der Waals surface area contributed by atoms with E-state index in [2.05, 4.69) is 27.1 Å². The molecule has 0 aliphatic carbocycles. The third kappa shape index (κ3) is 4.88. The summed E-state index contributed by atoms with van der Waals surface area (Å²) in [6.07, 6.45) is -3.82. The Morgan fingerprint density at radius 3 is 2.69 bits per heavy atom. The van der Waals surface area contributed by atoms with Crippen molar-refractivity contribution >= 4 is 17.3 Å². The van der Waals surface area contributed by atoms with E-state index in [0.29, 0.717) is 0 Å². The Morgan fingerprint density at radius 2 is 2.00 bits per heavy atom. The summed E-state index contributed by atoms with van der Waals surface area (Å²) in [6, 6.07) is 9.06. The van der Waals surface area contributed by atoms with E-state index in [0.717, 1.165) is 10.1 Å². The number of H-pyrrole nitrogens is 1. The maximum atomic E-state index is 12.3. The molecule has 11 heteroatoms. The maximum absolute atomic E-state index is 12.3. The Morgan fingerprint density at radius 1 is 1.28 bits per heavy atom. The Hall–Kier alpha value is -3.88. The zero-order valence-electron chi connectivity index (χ0n) is 17.5. The first kappa shape index (κ1) is 22.8. The Labute approximate surface area is 182 Å². The number of imidazole rings is 1. The van der Waals surface area contributed by atoms with Crippen LogP contribution in [0.4, 0.5) is 4.79 Å². The highest BCUT2D eigenvalue weighted by molar-refractivity contribution is 5.71. The van der Waals surface area contributed by atoms with Gasteiger partial charge < -0.3 is 24.8 Å². The van der Waals surface area contributed by atoms with Crippen LogP contribution >= 0.6 is 0 Å². The van der Waals surface area contributed by atoms with Gasteiger partial charge in [-0.25, -0.2) is 14.6 Å². The van der Waals surface area contributed by atoms with Gasteiger partial charge in [-0.3, -0.25) is 14.3 Å². The predicted octanol–water partition coefficient (Wildman–Crippen LogP) is -0.233. The molecule has 32 heavy (non-hydrogen) atoms. The molecule has 2 unspecified atom stereocenters. The van der Waals surface area contributed by atoms with E-state index in [1.54, 1.807) is 19.1 Å². The number of aryl methyl sites for hydroxylation is 1. The Balaban J connectivity index is 1.76. The molecule has 4 N–H and O–H groups in total. The second-order valence-electron chi connectivity index (χ2n) is 6.93. The van der Waals surface area contributed by atoms with Crippen LogP contribution < -0.4 is 16.6 Å². The van der Waals surface area contributed by atoms with Gasteiger partial charge in [-0.1, -0.05) is 36.3 Å². The molecule has 1 amide bonds. The van der Waals surface area contributed by atoms with Crippen LogP contribution in [0, 0.1) is 11.8 Å². The second-order valence-corrected chi connectivity index (χ2v) is 6.93. The molecule has 2 atom stereocenters. The van der Waals surface area contributed by atoms with Crippen LogP contribution in [0.5, 0.6) is 0 Å². The summed E-state index contributed by atoms with van der Waals surface area (Å²) in [4.78, 5) is 42.5. The number of nitrogens with zero attached hydrogens (tertiary/aromatic N) is 3. The van der Waals surface area contributed by atoms with Gasteiger partial charge in [0.2, 0.25) is 0 Å². The van der Waals surface area contributed by atoms with Crippen molar-refractivity contribution in [1.82, 2.24) is 24.4 Å². The maximum Gasteiger partial charge on any atom is 0.407 e. The first-order valence-corrected chi connectivity index (χ1v) is 9.73. The number of amides is 1. The van der Waals surface area contributed by atoms with E-state index in [4.69, 9.17) is 4.74 Å². The quantitative estimate of drug-likeness (QED) is 0.370. The van der Waals surface area contributed by atoms with Crippen molar-refractivity contribution in [2.24, 2.45) is 7.05 Å². The van der Waals surface area contributed by atoms with Gasteiger partial charge in [-0.15, -0.1) is 5.92 Å². The van der Waals surface area contributed by atoms with Crippen molar-refractivity contribution in [1.29, 1.82) is 0 Å². The molecule has 1 aromatic carbocycles. The lowest BCUT2D eigenvalue weighted by Crippen LogP contribution is -2.36. The predicted molar refractivity (Wildman–Crippen MR) is 115 cm³/mol. The smallest absolute Gasteiger partial charge is 0.407 e. The van der Waals surface area contributed by atoms with Crippen LogP contribution in [0.3, 0.4) is 0 Å². The average molecular weight is 441 g/mol. The van der Waals surface area contributed by atoms with Crippen LogP contribution in [0.2, 0.25) is 0 Å². The molecule has 0 saturated carbocycles. The number of hydrogen-bond acceptors (Lipinski definition) is 7. The van der Waals surface area contributed by atoms with Crippen molar-refractivity contribution < 1.29 is 19.7 Å². The van der Waals surface area contributed by atoms with E-state index < -0.39 is 29.6 Å². The zero-order valence-corrected chi connectivity index (χ0v) is 17.5. The lowest BCUT2D eigenvalue weighted by molar-refractivity contribution is 0.0118. The number of hydrogen-bond donors (Lipinski definition) is 4. The summed E-state index contributed by atoms with van der Waals surface area (Å²) < 4.78 is 7.51. The highest BCUT2D eigenvalue weighted by atomic mass is 16.5.